The van der Waals surface area contributed by atoms with Gasteiger partial charge in [0.25, 0.3) is 0 Å². The van der Waals surface area contributed by atoms with Crippen LogP contribution < -0.4 is 15.4 Å². The number of hydrogen-bond acceptors (Lipinski definition) is 5. The van der Waals surface area contributed by atoms with E-state index in [1.165, 1.54) is 0 Å². The number of nitrogens with zero attached hydrogens (tertiary/aromatic N) is 2. The molecular weight excluding hydrogens is 511 g/mol. The number of rotatable bonds is 8. The Morgan fingerprint density at radius 3 is 2.50 bits per heavy atom. The van der Waals surface area contributed by atoms with Gasteiger partial charge in [-0.3, -0.25) is 4.99 Å². The summed E-state index contributed by atoms with van der Waals surface area (Å²) in [5.74, 6) is 1.52. The van der Waals surface area contributed by atoms with Crippen LogP contribution in [0.15, 0.2) is 65.0 Å². The van der Waals surface area contributed by atoms with Crippen molar-refractivity contribution in [2.24, 2.45) is 4.99 Å². The number of ether oxygens (including phenoxy) is 1. The van der Waals surface area contributed by atoms with Crippen molar-refractivity contribution in [1.29, 1.82) is 0 Å². The maximum Gasteiger partial charge on any atom is 0.191 e. The first-order valence-electron chi connectivity index (χ1n) is 9.42. The lowest BCUT2D eigenvalue weighted by Gasteiger charge is -2.17. The molecule has 6 nitrogen and oxygen atoms in total. The van der Waals surface area contributed by atoms with E-state index in [9.17, 15) is 5.11 Å². The molecule has 0 saturated carbocycles. The molecule has 0 aliphatic rings. The van der Waals surface area contributed by atoms with Gasteiger partial charge in [0.2, 0.25) is 0 Å². The zero-order valence-corrected chi connectivity index (χ0v) is 20.2. The molecule has 0 saturated heterocycles. The third-order valence-corrected chi connectivity index (χ3v) is 5.50. The third kappa shape index (κ3) is 6.68. The van der Waals surface area contributed by atoms with Gasteiger partial charge in [-0.15, -0.1) is 35.3 Å². The monoisotopic (exact) mass is 538 g/mol. The van der Waals surface area contributed by atoms with Crippen LogP contribution in [0.5, 0.6) is 5.75 Å². The van der Waals surface area contributed by atoms with E-state index in [0.29, 0.717) is 19.0 Å². The van der Waals surface area contributed by atoms with Crippen LogP contribution in [0.25, 0.3) is 10.6 Å². The van der Waals surface area contributed by atoms with Gasteiger partial charge in [-0.05, 0) is 29.8 Å². The maximum absolute atomic E-state index is 9.70. The molecule has 1 heterocycles. The summed E-state index contributed by atoms with van der Waals surface area (Å²) < 4.78 is 5.20. The van der Waals surface area contributed by atoms with Gasteiger partial charge < -0.3 is 20.5 Å². The van der Waals surface area contributed by atoms with Crippen LogP contribution in [0.1, 0.15) is 17.2 Å². The molecule has 0 aliphatic carbocycles. The molecule has 0 bridgehead atoms. The summed E-state index contributed by atoms with van der Waals surface area (Å²) in [6.07, 6.45) is 0. The highest BCUT2D eigenvalue weighted by Gasteiger charge is 2.11. The molecule has 3 aromatic rings. The molecule has 3 rings (SSSR count). The van der Waals surface area contributed by atoms with Gasteiger partial charge in [-0.2, -0.15) is 0 Å². The van der Waals surface area contributed by atoms with E-state index in [1.54, 1.807) is 25.5 Å². The average Bonchev–Trinajstić information content (AvgIpc) is 3.26. The molecule has 0 aliphatic heterocycles. The molecule has 1 unspecified atom stereocenters. The highest BCUT2D eigenvalue weighted by atomic mass is 127. The first-order valence-corrected chi connectivity index (χ1v) is 10.3. The number of nitrogens with one attached hydrogen (secondary N) is 2. The number of aliphatic hydroxyl groups is 1. The predicted molar refractivity (Wildman–Crippen MR) is 134 cm³/mol. The quantitative estimate of drug-likeness (QED) is 0.231. The summed E-state index contributed by atoms with van der Waals surface area (Å²) in [6.45, 7) is 1.24. The van der Waals surface area contributed by atoms with Gasteiger partial charge in [0.15, 0.2) is 5.96 Å². The number of methoxy groups -OCH3 is 1. The first kappa shape index (κ1) is 24.1. The summed E-state index contributed by atoms with van der Waals surface area (Å²) in [5, 5.41) is 19.3. The Bertz CT molecular complexity index is 916. The van der Waals surface area contributed by atoms with E-state index in [0.717, 1.165) is 27.6 Å². The van der Waals surface area contributed by atoms with Gasteiger partial charge in [0, 0.05) is 30.5 Å². The predicted octanol–water partition coefficient (Wildman–Crippen LogP) is 3.88. The lowest BCUT2D eigenvalue weighted by atomic mass is 10.0. The highest BCUT2D eigenvalue weighted by Crippen LogP contribution is 2.25. The zero-order valence-electron chi connectivity index (χ0n) is 17.0. The van der Waals surface area contributed by atoms with Crippen molar-refractivity contribution in [2.45, 2.75) is 12.5 Å². The molecular formula is C22H27IN4O2S. The molecule has 2 aromatic carbocycles. The molecule has 0 fully saturated rings. The summed E-state index contributed by atoms with van der Waals surface area (Å²) in [4.78, 5) is 8.96. The van der Waals surface area contributed by atoms with Crippen molar-refractivity contribution in [1.82, 2.24) is 15.6 Å². The average molecular weight is 538 g/mol. The fourth-order valence-electron chi connectivity index (χ4n) is 2.88. The van der Waals surface area contributed by atoms with Crippen LogP contribution in [0.3, 0.4) is 0 Å². The zero-order chi connectivity index (χ0) is 20.5. The van der Waals surface area contributed by atoms with Crippen LogP contribution in [0, 0.1) is 0 Å². The van der Waals surface area contributed by atoms with Crippen molar-refractivity contribution in [3.63, 3.8) is 0 Å². The summed E-state index contributed by atoms with van der Waals surface area (Å²) >= 11 is 1.61. The number of guanidine groups is 1. The molecule has 160 valence electrons. The number of halogens is 1. The molecule has 0 amide bonds. The number of hydrogen-bond donors (Lipinski definition) is 3. The minimum atomic E-state index is 0. The normalized spacial score (nSPS) is 12.0. The van der Waals surface area contributed by atoms with E-state index in [1.807, 2.05) is 60.0 Å². The van der Waals surface area contributed by atoms with Crippen molar-refractivity contribution < 1.29 is 9.84 Å². The van der Waals surface area contributed by atoms with Crippen LogP contribution in [-0.4, -0.2) is 43.4 Å². The lowest BCUT2D eigenvalue weighted by Crippen LogP contribution is -2.39. The smallest absolute Gasteiger partial charge is 0.191 e. The second-order valence-corrected chi connectivity index (χ2v) is 7.33. The van der Waals surface area contributed by atoms with E-state index in [-0.39, 0.29) is 36.5 Å². The molecule has 0 radical (unpaired) electrons. The van der Waals surface area contributed by atoms with Crippen molar-refractivity contribution in [3.8, 4) is 16.3 Å². The Hall–Kier alpha value is -2.17. The SMILES string of the molecule is CN=C(NCc1csc(-c2ccc(OC)cc2)n1)NCC(CO)c1ccccc1.I. The van der Waals surface area contributed by atoms with Gasteiger partial charge in [-0.1, -0.05) is 30.3 Å². The molecule has 8 heteroatoms. The van der Waals surface area contributed by atoms with Crippen molar-refractivity contribution in [3.05, 3.63) is 71.2 Å². The van der Waals surface area contributed by atoms with Gasteiger partial charge in [-0.25, -0.2) is 4.98 Å². The van der Waals surface area contributed by atoms with Crippen molar-refractivity contribution >= 4 is 41.3 Å². The second-order valence-electron chi connectivity index (χ2n) is 6.47. The number of aliphatic imine (C=N–C) groups is 1. The lowest BCUT2D eigenvalue weighted by molar-refractivity contribution is 0.265. The number of thiazole rings is 1. The van der Waals surface area contributed by atoms with Crippen LogP contribution in [0.2, 0.25) is 0 Å². The summed E-state index contributed by atoms with van der Waals surface area (Å²) in [7, 11) is 3.39. The van der Waals surface area contributed by atoms with E-state index < -0.39 is 0 Å². The van der Waals surface area contributed by atoms with Gasteiger partial charge >= 0.3 is 0 Å². The molecule has 1 atom stereocenters. The Kier molecular flexibility index (Phi) is 10.0. The minimum absolute atomic E-state index is 0. The third-order valence-electron chi connectivity index (χ3n) is 4.56. The van der Waals surface area contributed by atoms with Gasteiger partial charge in [0.05, 0.1) is 26.0 Å². The van der Waals surface area contributed by atoms with Crippen LogP contribution >= 0.6 is 35.3 Å². The van der Waals surface area contributed by atoms with Crippen LogP contribution in [-0.2, 0) is 6.54 Å². The summed E-state index contributed by atoms with van der Waals surface area (Å²) in [5.41, 5.74) is 3.12. The Morgan fingerprint density at radius 2 is 1.87 bits per heavy atom. The second kappa shape index (κ2) is 12.5. The standard InChI is InChI=1S/C22H26N4O2S.HI/c1-23-22(24-12-18(14-27)16-6-4-3-5-7-16)25-13-19-15-29-21(26-19)17-8-10-20(28-2)11-9-17;/h3-11,15,18,27H,12-14H2,1-2H3,(H2,23,24,25);1H. The van der Waals surface area contributed by atoms with E-state index in [2.05, 4.69) is 15.6 Å². The fraction of sp³-hybridized carbons (Fsp3) is 0.273. The van der Waals surface area contributed by atoms with Crippen LogP contribution in [0.4, 0.5) is 0 Å². The maximum atomic E-state index is 9.70. The summed E-state index contributed by atoms with van der Waals surface area (Å²) in [6, 6.07) is 17.9. The number of aliphatic hydroxyl groups excluding tert-OH is 1. The van der Waals surface area contributed by atoms with Crippen molar-refractivity contribution in [2.75, 3.05) is 27.3 Å². The van der Waals surface area contributed by atoms with E-state index in [4.69, 9.17) is 9.72 Å². The number of benzene rings is 2. The number of aromatic nitrogens is 1. The van der Waals surface area contributed by atoms with E-state index >= 15 is 0 Å². The minimum Gasteiger partial charge on any atom is -0.497 e. The molecule has 0 spiro atoms. The topological polar surface area (TPSA) is 78.8 Å². The largest absolute Gasteiger partial charge is 0.497 e. The highest BCUT2D eigenvalue weighted by molar-refractivity contribution is 14.0. The first-order chi connectivity index (χ1) is 14.2. The Balaban J connectivity index is 0.00000320. The van der Waals surface area contributed by atoms with Gasteiger partial charge in [0.1, 0.15) is 10.8 Å². The molecule has 3 N–H and O–H groups in total. The Labute approximate surface area is 198 Å². The molecule has 1 aromatic heterocycles. The Morgan fingerprint density at radius 1 is 1.13 bits per heavy atom. The molecule has 30 heavy (non-hydrogen) atoms. The fourth-order valence-corrected chi connectivity index (χ4v) is 3.71.